The molecular weight excluding hydrogens is 318 g/mol. The number of carbonyl (C=O) groups excluding carboxylic acids is 2. The highest BCUT2D eigenvalue weighted by Gasteiger charge is 2.51. The number of imide groups is 1. The van der Waals surface area contributed by atoms with Gasteiger partial charge in [0.2, 0.25) is 0 Å². The maximum Gasteiger partial charge on any atom is 0.325 e. The molecule has 1 aliphatic heterocycles. The third-order valence-corrected chi connectivity index (χ3v) is 5.51. The number of nitrogens with one attached hydrogen (secondary N) is 2. The van der Waals surface area contributed by atoms with E-state index in [4.69, 9.17) is 5.26 Å². The van der Waals surface area contributed by atoms with Crippen molar-refractivity contribution >= 4 is 11.9 Å². The SMILES string of the molecule is Cc1c(CNCCCN2C(=O)NC3(CCCC3)C2=O)cc(C#N)n1C. The Morgan fingerprint density at radius 1 is 1.36 bits per heavy atom. The van der Waals surface area contributed by atoms with Gasteiger partial charge in [0, 0.05) is 25.8 Å². The Bertz CT molecular complexity index is 725. The van der Waals surface area contributed by atoms with Crippen LogP contribution in [0, 0.1) is 18.3 Å². The van der Waals surface area contributed by atoms with Gasteiger partial charge >= 0.3 is 6.03 Å². The van der Waals surface area contributed by atoms with Gasteiger partial charge in [-0.3, -0.25) is 9.69 Å². The van der Waals surface area contributed by atoms with Crippen molar-refractivity contribution in [3.8, 4) is 6.07 Å². The lowest BCUT2D eigenvalue weighted by molar-refractivity contribution is -0.131. The molecule has 2 heterocycles. The molecule has 2 N–H and O–H groups in total. The van der Waals surface area contributed by atoms with E-state index in [9.17, 15) is 9.59 Å². The summed E-state index contributed by atoms with van der Waals surface area (Å²) in [4.78, 5) is 26.0. The first kappa shape index (κ1) is 17.5. The predicted octanol–water partition coefficient (Wildman–Crippen LogP) is 1.55. The molecule has 1 saturated heterocycles. The average molecular weight is 343 g/mol. The summed E-state index contributed by atoms with van der Waals surface area (Å²) in [5, 5.41) is 15.3. The van der Waals surface area contributed by atoms with Crippen molar-refractivity contribution in [1.29, 1.82) is 5.26 Å². The number of rotatable bonds is 6. The smallest absolute Gasteiger partial charge is 0.325 e. The van der Waals surface area contributed by atoms with Gasteiger partial charge in [-0.05, 0) is 44.4 Å². The molecule has 1 saturated carbocycles. The normalized spacial score (nSPS) is 18.8. The van der Waals surface area contributed by atoms with Crippen molar-refractivity contribution in [3.63, 3.8) is 0 Å². The maximum atomic E-state index is 12.5. The molecule has 3 rings (SSSR count). The van der Waals surface area contributed by atoms with Crippen molar-refractivity contribution in [2.45, 2.75) is 51.1 Å². The van der Waals surface area contributed by atoms with Gasteiger partial charge in [-0.15, -0.1) is 0 Å². The van der Waals surface area contributed by atoms with Crippen LogP contribution in [0.15, 0.2) is 6.07 Å². The number of nitriles is 1. The zero-order chi connectivity index (χ0) is 18.0. The molecular formula is C18H25N5O2. The number of hydrogen-bond acceptors (Lipinski definition) is 4. The Hall–Kier alpha value is -2.33. The molecule has 7 heteroatoms. The number of nitrogens with zero attached hydrogens (tertiary/aromatic N) is 3. The Kier molecular flexibility index (Phi) is 4.82. The fourth-order valence-electron chi connectivity index (χ4n) is 3.83. The van der Waals surface area contributed by atoms with Gasteiger partial charge in [0.05, 0.1) is 0 Å². The monoisotopic (exact) mass is 343 g/mol. The van der Waals surface area contributed by atoms with E-state index in [-0.39, 0.29) is 11.9 Å². The molecule has 25 heavy (non-hydrogen) atoms. The summed E-state index contributed by atoms with van der Waals surface area (Å²) in [6.07, 6.45) is 4.25. The van der Waals surface area contributed by atoms with Crippen LogP contribution in [0.25, 0.3) is 0 Å². The van der Waals surface area contributed by atoms with Gasteiger partial charge in [0.1, 0.15) is 17.3 Å². The van der Waals surface area contributed by atoms with E-state index in [2.05, 4.69) is 16.7 Å². The second kappa shape index (κ2) is 6.89. The van der Waals surface area contributed by atoms with Crippen LogP contribution in [0.4, 0.5) is 4.79 Å². The fourth-order valence-corrected chi connectivity index (χ4v) is 3.83. The molecule has 2 aliphatic rings. The van der Waals surface area contributed by atoms with Crippen LogP contribution < -0.4 is 10.6 Å². The van der Waals surface area contributed by atoms with E-state index in [1.54, 1.807) is 0 Å². The summed E-state index contributed by atoms with van der Waals surface area (Å²) in [7, 11) is 1.88. The largest absolute Gasteiger partial charge is 0.340 e. The van der Waals surface area contributed by atoms with Gasteiger partial charge in [-0.2, -0.15) is 5.26 Å². The first-order chi connectivity index (χ1) is 12.0. The van der Waals surface area contributed by atoms with Crippen LogP contribution in [-0.4, -0.2) is 40.0 Å². The number of amides is 3. The molecule has 7 nitrogen and oxygen atoms in total. The molecule has 0 radical (unpaired) electrons. The molecule has 1 aromatic heterocycles. The van der Waals surface area contributed by atoms with Crippen LogP contribution >= 0.6 is 0 Å². The zero-order valence-corrected chi connectivity index (χ0v) is 14.9. The summed E-state index contributed by atoms with van der Waals surface area (Å²) in [6.45, 7) is 3.81. The minimum atomic E-state index is -0.612. The van der Waals surface area contributed by atoms with Gasteiger partial charge in [0.25, 0.3) is 5.91 Å². The van der Waals surface area contributed by atoms with Crippen LogP contribution in [0.5, 0.6) is 0 Å². The second-order valence-electron chi connectivity index (χ2n) is 7.02. The molecule has 0 bridgehead atoms. The quantitative estimate of drug-likeness (QED) is 0.606. The molecule has 0 atom stereocenters. The van der Waals surface area contributed by atoms with Crippen molar-refractivity contribution in [1.82, 2.24) is 20.1 Å². The lowest BCUT2D eigenvalue weighted by Crippen LogP contribution is -2.44. The topological polar surface area (TPSA) is 90.2 Å². The van der Waals surface area contributed by atoms with Crippen molar-refractivity contribution in [3.05, 3.63) is 23.0 Å². The van der Waals surface area contributed by atoms with E-state index in [1.165, 1.54) is 4.90 Å². The van der Waals surface area contributed by atoms with Crippen LogP contribution in [0.2, 0.25) is 0 Å². The molecule has 2 fully saturated rings. The number of carbonyl (C=O) groups is 2. The van der Waals surface area contributed by atoms with Crippen LogP contribution in [0.1, 0.15) is 49.1 Å². The molecule has 0 unspecified atom stereocenters. The summed E-state index contributed by atoms with van der Waals surface area (Å²) < 4.78 is 1.88. The minimum absolute atomic E-state index is 0.0486. The maximum absolute atomic E-state index is 12.5. The van der Waals surface area contributed by atoms with E-state index >= 15 is 0 Å². The molecule has 0 aromatic carbocycles. The third kappa shape index (κ3) is 3.14. The Balaban J connectivity index is 1.45. The first-order valence-electron chi connectivity index (χ1n) is 8.88. The Morgan fingerprint density at radius 3 is 2.72 bits per heavy atom. The van der Waals surface area contributed by atoms with Gasteiger partial charge < -0.3 is 15.2 Å². The number of urea groups is 1. The van der Waals surface area contributed by atoms with Crippen LogP contribution in [-0.2, 0) is 18.4 Å². The van der Waals surface area contributed by atoms with Crippen molar-refractivity contribution in [2.75, 3.05) is 13.1 Å². The van der Waals surface area contributed by atoms with Crippen LogP contribution in [0.3, 0.4) is 0 Å². The molecule has 134 valence electrons. The van der Waals surface area contributed by atoms with Gasteiger partial charge in [-0.25, -0.2) is 4.79 Å². The predicted molar refractivity (Wildman–Crippen MR) is 92.6 cm³/mol. The molecule has 1 aromatic rings. The standard InChI is InChI=1S/C18H25N5O2/c1-13-14(10-15(11-19)22(13)2)12-20-8-5-9-23-16(24)18(21-17(23)25)6-3-4-7-18/h10,20H,3-9,12H2,1-2H3,(H,21,25). The summed E-state index contributed by atoms with van der Waals surface area (Å²) in [5.41, 5.74) is 2.20. The lowest BCUT2D eigenvalue weighted by atomic mass is 9.98. The average Bonchev–Trinajstić information content (AvgIpc) is 3.23. The molecule has 1 spiro atoms. The first-order valence-corrected chi connectivity index (χ1v) is 8.88. The highest BCUT2D eigenvalue weighted by atomic mass is 16.2. The zero-order valence-electron chi connectivity index (χ0n) is 14.9. The van der Waals surface area contributed by atoms with Gasteiger partial charge in [0.15, 0.2) is 0 Å². The number of hydrogen-bond donors (Lipinski definition) is 2. The van der Waals surface area contributed by atoms with E-state index in [0.29, 0.717) is 31.7 Å². The highest BCUT2D eigenvalue weighted by Crippen LogP contribution is 2.34. The summed E-state index contributed by atoms with van der Waals surface area (Å²) in [6, 6.07) is 3.82. The second-order valence-corrected chi connectivity index (χ2v) is 7.02. The minimum Gasteiger partial charge on any atom is -0.340 e. The fraction of sp³-hybridized carbons (Fsp3) is 0.611. The molecule has 1 aliphatic carbocycles. The van der Waals surface area contributed by atoms with E-state index in [0.717, 1.165) is 36.9 Å². The van der Waals surface area contributed by atoms with E-state index < -0.39 is 5.54 Å². The Labute approximate surface area is 148 Å². The highest BCUT2D eigenvalue weighted by molar-refractivity contribution is 6.07. The summed E-state index contributed by atoms with van der Waals surface area (Å²) >= 11 is 0. The van der Waals surface area contributed by atoms with Crippen molar-refractivity contribution in [2.24, 2.45) is 7.05 Å². The van der Waals surface area contributed by atoms with E-state index in [1.807, 2.05) is 24.6 Å². The molecule has 3 amide bonds. The lowest BCUT2D eigenvalue weighted by Gasteiger charge is -2.20. The number of aromatic nitrogens is 1. The van der Waals surface area contributed by atoms with Gasteiger partial charge in [-0.1, -0.05) is 12.8 Å². The summed E-state index contributed by atoms with van der Waals surface area (Å²) in [5.74, 6) is -0.0486. The van der Waals surface area contributed by atoms with Crippen molar-refractivity contribution < 1.29 is 9.59 Å². The third-order valence-electron chi connectivity index (χ3n) is 5.51. The Morgan fingerprint density at radius 2 is 2.08 bits per heavy atom.